The number of rotatable bonds is 7. The van der Waals surface area contributed by atoms with E-state index < -0.39 is 6.04 Å². The zero-order valence-corrected chi connectivity index (χ0v) is 16.4. The Morgan fingerprint density at radius 2 is 2.07 bits per heavy atom. The molecular weight excluding hydrogens is 393 g/mol. The lowest BCUT2D eigenvalue weighted by atomic mass is 10.2. The fourth-order valence-electron chi connectivity index (χ4n) is 2.83. The zero-order valence-electron chi connectivity index (χ0n) is 14.9. The molecule has 1 heterocycles. The van der Waals surface area contributed by atoms with Crippen LogP contribution in [0.5, 0.6) is 0 Å². The van der Waals surface area contributed by atoms with E-state index in [0.717, 1.165) is 18.4 Å². The predicted octanol–water partition coefficient (Wildman–Crippen LogP) is 2.39. The average Bonchev–Trinajstić information content (AvgIpc) is 3.34. The van der Waals surface area contributed by atoms with E-state index in [2.05, 4.69) is 10.5 Å². The minimum Gasteiger partial charge on any atom is -0.391 e. The molecule has 27 heavy (non-hydrogen) atoms. The first kappa shape index (κ1) is 19.9. The van der Waals surface area contributed by atoms with Crippen LogP contribution in [0.2, 0.25) is 10.0 Å². The third kappa shape index (κ3) is 5.34. The minimum atomic E-state index is -0.583. The molecule has 1 aliphatic carbocycles. The van der Waals surface area contributed by atoms with Crippen molar-refractivity contribution in [2.75, 3.05) is 20.3 Å². The molecule has 2 fully saturated rings. The standard InChI is InChI=1S/C18H21Cl2N3O4/c1-26-10-17(24)23-8-13(7-16(23)18(25)21-12-3-4-12)22-27-9-11-2-5-14(19)15(20)6-11/h2,5-6,12,16H,3-4,7-10H2,1H3,(H,21,25)/t16-/m0/s1. The summed E-state index contributed by atoms with van der Waals surface area (Å²) in [6, 6.07) is 4.83. The molecule has 1 aliphatic heterocycles. The van der Waals surface area contributed by atoms with E-state index in [9.17, 15) is 9.59 Å². The van der Waals surface area contributed by atoms with Crippen molar-refractivity contribution < 1.29 is 19.2 Å². The highest BCUT2D eigenvalue weighted by molar-refractivity contribution is 6.42. The van der Waals surface area contributed by atoms with Gasteiger partial charge in [-0.1, -0.05) is 34.4 Å². The van der Waals surface area contributed by atoms with Crippen LogP contribution in [0.15, 0.2) is 23.4 Å². The van der Waals surface area contributed by atoms with Crippen LogP contribution in [0.3, 0.4) is 0 Å². The van der Waals surface area contributed by atoms with Gasteiger partial charge in [0, 0.05) is 19.6 Å². The normalized spacial score (nSPS) is 20.8. The Bertz CT molecular complexity index is 752. The van der Waals surface area contributed by atoms with Gasteiger partial charge in [-0.15, -0.1) is 0 Å². The second-order valence-electron chi connectivity index (χ2n) is 6.64. The van der Waals surface area contributed by atoms with Crippen molar-refractivity contribution in [2.24, 2.45) is 5.16 Å². The molecule has 3 rings (SSSR count). The Morgan fingerprint density at radius 1 is 1.30 bits per heavy atom. The van der Waals surface area contributed by atoms with E-state index in [0.29, 0.717) is 22.2 Å². The van der Waals surface area contributed by atoms with E-state index in [1.807, 2.05) is 0 Å². The molecule has 146 valence electrons. The number of benzene rings is 1. The number of carbonyl (C=O) groups is 2. The third-order valence-electron chi connectivity index (χ3n) is 4.38. The maximum absolute atomic E-state index is 12.5. The molecule has 2 aliphatic rings. The summed E-state index contributed by atoms with van der Waals surface area (Å²) >= 11 is 11.9. The van der Waals surface area contributed by atoms with Gasteiger partial charge in [-0.05, 0) is 30.5 Å². The van der Waals surface area contributed by atoms with Crippen molar-refractivity contribution >= 4 is 40.7 Å². The Morgan fingerprint density at radius 3 is 2.74 bits per heavy atom. The summed E-state index contributed by atoms with van der Waals surface area (Å²) in [4.78, 5) is 31.6. The molecule has 0 bridgehead atoms. The largest absolute Gasteiger partial charge is 0.391 e. The number of nitrogens with zero attached hydrogens (tertiary/aromatic N) is 2. The van der Waals surface area contributed by atoms with E-state index in [-0.39, 0.29) is 37.6 Å². The van der Waals surface area contributed by atoms with Crippen LogP contribution in [0.1, 0.15) is 24.8 Å². The quantitative estimate of drug-likeness (QED) is 0.695. The smallest absolute Gasteiger partial charge is 0.249 e. The van der Waals surface area contributed by atoms with Gasteiger partial charge >= 0.3 is 0 Å². The van der Waals surface area contributed by atoms with E-state index in [4.69, 9.17) is 32.8 Å². The number of likely N-dealkylation sites (tertiary alicyclic amines) is 1. The number of amides is 2. The first-order valence-electron chi connectivity index (χ1n) is 8.68. The van der Waals surface area contributed by atoms with Gasteiger partial charge in [0.15, 0.2) is 0 Å². The monoisotopic (exact) mass is 413 g/mol. The Labute approximate surface area is 167 Å². The SMILES string of the molecule is COCC(=O)N1CC(=NOCc2ccc(Cl)c(Cl)c2)C[C@H]1C(=O)NC1CC1. The lowest BCUT2D eigenvalue weighted by molar-refractivity contribution is -0.141. The van der Waals surface area contributed by atoms with Crippen LogP contribution in [0, 0.1) is 0 Å². The van der Waals surface area contributed by atoms with Crippen LogP contribution in [0.4, 0.5) is 0 Å². The number of hydrogen-bond acceptors (Lipinski definition) is 5. The average molecular weight is 414 g/mol. The molecule has 0 radical (unpaired) electrons. The third-order valence-corrected chi connectivity index (χ3v) is 5.12. The summed E-state index contributed by atoms with van der Waals surface area (Å²) in [5.41, 5.74) is 1.46. The molecule has 0 unspecified atom stereocenters. The molecule has 2 amide bonds. The zero-order chi connectivity index (χ0) is 19.4. The first-order chi connectivity index (χ1) is 13.0. The molecule has 1 atom stereocenters. The van der Waals surface area contributed by atoms with Crippen LogP contribution >= 0.6 is 23.2 Å². The van der Waals surface area contributed by atoms with Crippen LogP contribution in [0.25, 0.3) is 0 Å². The highest BCUT2D eigenvalue weighted by Crippen LogP contribution is 2.24. The van der Waals surface area contributed by atoms with Gasteiger partial charge in [0.25, 0.3) is 0 Å². The summed E-state index contributed by atoms with van der Waals surface area (Å²) in [5.74, 6) is -0.403. The van der Waals surface area contributed by atoms with Gasteiger partial charge < -0.3 is 19.8 Å². The lowest BCUT2D eigenvalue weighted by Gasteiger charge is -2.22. The Balaban J connectivity index is 1.62. The molecule has 1 aromatic rings. The molecule has 7 nitrogen and oxygen atoms in total. The summed E-state index contributed by atoms with van der Waals surface area (Å²) in [7, 11) is 1.45. The van der Waals surface area contributed by atoms with Crippen molar-refractivity contribution in [2.45, 2.75) is 38.0 Å². The molecular formula is C18H21Cl2N3O4. The van der Waals surface area contributed by atoms with Crippen molar-refractivity contribution in [3.05, 3.63) is 33.8 Å². The van der Waals surface area contributed by atoms with E-state index in [1.165, 1.54) is 12.0 Å². The molecule has 1 saturated carbocycles. The fraction of sp³-hybridized carbons (Fsp3) is 0.500. The fourth-order valence-corrected chi connectivity index (χ4v) is 3.15. The summed E-state index contributed by atoms with van der Waals surface area (Å²) in [6.45, 7) is 0.377. The minimum absolute atomic E-state index is 0.0788. The van der Waals surface area contributed by atoms with Crippen LogP contribution in [-0.4, -0.2) is 54.8 Å². The Kier molecular flexibility index (Phi) is 6.57. The van der Waals surface area contributed by atoms with Crippen LogP contribution in [-0.2, 0) is 25.8 Å². The van der Waals surface area contributed by atoms with Crippen molar-refractivity contribution in [3.8, 4) is 0 Å². The Hall–Kier alpha value is -1.83. The van der Waals surface area contributed by atoms with E-state index >= 15 is 0 Å². The second kappa shape index (κ2) is 8.91. The summed E-state index contributed by atoms with van der Waals surface area (Å²) in [5, 5.41) is 7.97. The molecule has 9 heteroatoms. The van der Waals surface area contributed by atoms with Gasteiger partial charge in [0.2, 0.25) is 11.8 Å². The van der Waals surface area contributed by atoms with Crippen molar-refractivity contribution in [3.63, 3.8) is 0 Å². The highest BCUT2D eigenvalue weighted by atomic mass is 35.5. The predicted molar refractivity (Wildman–Crippen MR) is 102 cm³/mol. The maximum Gasteiger partial charge on any atom is 0.249 e. The molecule has 1 aromatic carbocycles. The van der Waals surface area contributed by atoms with Crippen molar-refractivity contribution in [1.82, 2.24) is 10.2 Å². The number of oxime groups is 1. The molecule has 0 aromatic heterocycles. The van der Waals surface area contributed by atoms with Crippen LogP contribution < -0.4 is 5.32 Å². The van der Waals surface area contributed by atoms with Gasteiger partial charge in [0.1, 0.15) is 19.3 Å². The number of methoxy groups -OCH3 is 1. The molecule has 0 spiro atoms. The topological polar surface area (TPSA) is 80.2 Å². The summed E-state index contributed by atoms with van der Waals surface area (Å²) in [6.07, 6.45) is 2.31. The molecule has 1 N–H and O–H groups in total. The van der Waals surface area contributed by atoms with E-state index in [1.54, 1.807) is 18.2 Å². The first-order valence-corrected chi connectivity index (χ1v) is 9.44. The lowest BCUT2D eigenvalue weighted by Crippen LogP contribution is -2.47. The second-order valence-corrected chi connectivity index (χ2v) is 7.45. The van der Waals surface area contributed by atoms with Gasteiger partial charge in [0.05, 0.1) is 22.3 Å². The maximum atomic E-state index is 12.5. The van der Waals surface area contributed by atoms with Gasteiger partial charge in [-0.3, -0.25) is 9.59 Å². The number of hydrogen-bond donors (Lipinski definition) is 1. The van der Waals surface area contributed by atoms with Gasteiger partial charge in [-0.2, -0.15) is 0 Å². The number of nitrogens with one attached hydrogen (secondary N) is 1. The number of halogens is 2. The number of ether oxygens (including phenoxy) is 1. The summed E-state index contributed by atoms with van der Waals surface area (Å²) < 4.78 is 4.92. The number of carbonyl (C=O) groups excluding carboxylic acids is 2. The van der Waals surface area contributed by atoms with Crippen molar-refractivity contribution in [1.29, 1.82) is 0 Å². The van der Waals surface area contributed by atoms with Gasteiger partial charge in [-0.25, -0.2) is 0 Å². The highest BCUT2D eigenvalue weighted by Gasteiger charge is 2.39. The molecule has 1 saturated heterocycles.